The number of nitrogens with one attached hydrogen (secondary N) is 1. The molecule has 172 valence electrons. The van der Waals surface area contributed by atoms with E-state index in [4.69, 9.17) is 14.2 Å². The molecule has 7 heteroatoms. The average molecular weight is 442 g/mol. The van der Waals surface area contributed by atoms with Crippen LogP contribution in [-0.2, 0) is 23.9 Å². The molecular weight excluding hydrogens is 410 g/mol. The van der Waals surface area contributed by atoms with Crippen molar-refractivity contribution in [3.05, 3.63) is 52.4 Å². The minimum absolute atomic E-state index is 0.228. The largest absolute Gasteiger partial charge is 0.497 e. The Labute approximate surface area is 188 Å². The Kier molecular flexibility index (Phi) is 7.06. The smallest absolute Gasteiger partial charge is 0.337 e. The third-order valence-corrected chi connectivity index (χ3v) is 6.27. The number of dihydropyridines is 1. The number of allylic oxidation sites excluding steroid dienone is 3. The lowest BCUT2D eigenvalue weighted by atomic mass is 9.69. The quantitative estimate of drug-likeness (QED) is 0.532. The topological polar surface area (TPSA) is 90.9 Å². The number of rotatable bonds is 6. The molecule has 0 saturated heterocycles. The van der Waals surface area contributed by atoms with Gasteiger partial charge in [0.2, 0.25) is 0 Å². The lowest BCUT2D eigenvalue weighted by Gasteiger charge is -2.38. The highest BCUT2D eigenvalue weighted by Gasteiger charge is 2.47. The molecule has 2 aliphatic rings. The van der Waals surface area contributed by atoms with Crippen LogP contribution in [0.15, 0.2) is 46.8 Å². The molecule has 4 atom stereocenters. The number of ketones is 1. The summed E-state index contributed by atoms with van der Waals surface area (Å²) >= 11 is 0. The van der Waals surface area contributed by atoms with Crippen LogP contribution >= 0.6 is 0 Å². The number of carbonyl (C=O) groups is 3. The van der Waals surface area contributed by atoms with Gasteiger partial charge < -0.3 is 19.5 Å². The molecule has 1 aromatic carbocycles. The van der Waals surface area contributed by atoms with Crippen LogP contribution in [-0.4, -0.2) is 38.0 Å². The minimum atomic E-state index is -0.918. The molecule has 1 N–H and O–H groups in total. The highest BCUT2D eigenvalue weighted by Crippen LogP contribution is 2.46. The van der Waals surface area contributed by atoms with Gasteiger partial charge >= 0.3 is 11.9 Å². The Morgan fingerprint density at radius 2 is 1.97 bits per heavy atom. The maximum Gasteiger partial charge on any atom is 0.337 e. The first kappa shape index (κ1) is 23.6. The lowest BCUT2D eigenvalue weighted by Crippen LogP contribution is -2.43. The summed E-state index contributed by atoms with van der Waals surface area (Å²) in [5.74, 6) is -2.58. The van der Waals surface area contributed by atoms with Crippen LogP contribution in [0.25, 0.3) is 0 Å². The summed E-state index contributed by atoms with van der Waals surface area (Å²) in [5, 5.41) is 3.26. The molecular formula is C25H31NO6. The highest BCUT2D eigenvalue weighted by molar-refractivity contribution is 6.12. The number of Topliss-reactive ketones (excluding diaryl/α,β-unsaturated/α-hetero) is 1. The number of esters is 2. The Morgan fingerprint density at radius 3 is 2.59 bits per heavy atom. The molecule has 0 radical (unpaired) electrons. The van der Waals surface area contributed by atoms with Crippen molar-refractivity contribution in [2.45, 2.75) is 52.6 Å². The molecule has 0 saturated carbocycles. The van der Waals surface area contributed by atoms with Crippen molar-refractivity contribution >= 4 is 17.7 Å². The third-order valence-electron chi connectivity index (χ3n) is 6.27. The number of hydrogen-bond acceptors (Lipinski definition) is 7. The van der Waals surface area contributed by atoms with Crippen molar-refractivity contribution < 1.29 is 28.6 Å². The number of methoxy groups -OCH3 is 2. The maximum atomic E-state index is 13.7. The molecule has 7 nitrogen and oxygen atoms in total. The van der Waals surface area contributed by atoms with Crippen LogP contribution in [0.3, 0.4) is 0 Å². The summed E-state index contributed by atoms with van der Waals surface area (Å²) in [6, 6.07) is 7.28. The van der Waals surface area contributed by atoms with E-state index in [1.54, 1.807) is 13.2 Å². The van der Waals surface area contributed by atoms with Crippen molar-refractivity contribution in [1.29, 1.82) is 0 Å². The van der Waals surface area contributed by atoms with Crippen molar-refractivity contribution in [1.82, 2.24) is 5.32 Å². The molecule has 3 rings (SSSR count). The SMILES string of the molecule is CC[C@@H](C)OC(=O)C1=C(C)NC2=C(C(=O)[C@@H](C(=O)OC)[C@@H](C)C2)[C@@H]1c1cccc(OC)c1. The van der Waals surface area contributed by atoms with E-state index in [-0.39, 0.29) is 17.8 Å². The van der Waals surface area contributed by atoms with Gasteiger partial charge in [-0.25, -0.2) is 4.79 Å². The predicted molar refractivity (Wildman–Crippen MR) is 119 cm³/mol. The highest BCUT2D eigenvalue weighted by atomic mass is 16.5. The van der Waals surface area contributed by atoms with Gasteiger partial charge in [0.25, 0.3) is 0 Å². The van der Waals surface area contributed by atoms with Gasteiger partial charge in [0.1, 0.15) is 11.7 Å². The van der Waals surface area contributed by atoms with Gasteiger partial charge in [0, 0.05) is 22.9 Å². The zero-order valence-electron chi connectivity index (χ0n) is 19.5. The average Bonchev–Trinajstić information content (AvgIpc) is 2.77. The molecule has 0 amide bonds. The van der Waals surface area contributed by atoms with E-state index < -0.39 is 23.8 Å². The van der Waals surface area contributed by atoms with E-state index in [2.05, 4.69) is 5.32 Å². The molecule has 1 aliphatic carbocycles. The third kappa shape index (κ3) is 4.29. The first-order valence-electron chi connectivity index (χ1n) is 10.9. The molecule has 0 bridgehead atoms. The van der Waals surface area contributed by atoms with Crippen molar-refractivity contribution in [3.63, 3.8) is 0 Å². The zero-order chi connectivity index (χ0) is 23.6. The molecule has 1 heterocycles. The maximum absolute atomic E-state index is 13.7. The van der Waals surface area contributed by atoms with E-state index in [1.807, 2.05) is 45.9 Å². The fraction of sp³-hybridized carbons (Fsp3) is 0.480. The summed E-state index contributed by atoms with van der Waals surface area (Å²) in [6.45, 7) is 7.43. The molecule has 0 aromatic heterocycles. The van der Waals surface area contributed by atoms with Crippen molar-refractivity contribution in [2.75, 3.05) is 14.2 Å². The first-order valence-corrected chi connectivity index (χ1v) is 10.9. The lowest BCUT2D eigenvalue weighted by molar-refractivity contribution is -0.151. The second-order valence-corrected chi connectivity index (χ2v) is 8.44. The van der Waals surface area contributed by atoms with Gasteiger partial charge in [0.15, 0.2) is 5.78 Å². The van der Waals surface area contributed by atoms with Crippen LogP contribution in [0.4, 0.5) is 0 Å². The Morgan fingerprint density at radius 1 is 1.25 bits per heavy atom. The molecule has 32 heavy (non-hydrogen) atoms. The van der Waals surface area contributed by atoms with Crippen molar-refractivity contribution in [3.8, 4) is 5.75 Å². The van der Waals surface area contributed by atoms with Gasteiger partial charge in [-0.05, 0) is 50.3 Å². The van der Waals surface area contributed by atoms with Crippen LogP contribution in [0.1, 0.15) is 52.0 Å². The zero-order valence-corrected chi connectivity index (χ0v) is 19.5. The predicted octanol–water partition coefficient (Wildman–Crippen LogP) is 3.65. The van der Waals surface area contributed by atoms with Crippen molar-refractivity contribution in [2.24, 2.45) is 11.8 Å². The van der Waals surface area contributed by atoms with Crippen LogP contribution in [0.5, 0.6) is 5.75 Å². The Hall–Kier alpha value is -3.09. The summed E-state index contributed by atoms with van der Waals surface area (Å²) in [7, 11) is 2.84. The number of benzene rings is 1. The molecule has 0 unspecified atom stereocenters. The van der Waals surface area contributed by atoms with E-state index in [9.17, 15) is 14.4 Å². The van der Waals surface area contributed by atoms with Gasteiger partial charge in [-0.2, -0.15) is 0 Å². The summed E-state index contributed by atoms with van der Waals surface area (Å²) in [6.07, 6.45) is 0.894. The summed E-state index contributed by atoms with van der Waals surface area (Å²) in [4.78, 5) is 39.4. The Bertz CT molecular complexity index is 992. The number of ether oxygens (including phenoxy) is 3. The summed E-state index contributed by atoms with van der Waals surface area (Å²) in [5.41, 5.74) is 2.87. The molecule has 0 fully saturated rings. The fourth-order valence-electron chi connectivity index (χ4n) is 4.44. The van der Waals surface area contributed by atoms with E-state index in [0.717, 1.165) is 11.3 Å². The summed E-state index contributed by atoms with van der Waals surface area (Å²) < 4.78 is 16.0. The molecule has 1 aliphatic heterocycles. The van der Waals surface area contributed by atoms with Gasteiger partial charge in [-0.3, -0.25) is 9.59 Å². The van der Waals surface area contributed by atoms with Crippen LogP contribution in [0, 0.1) is 11.8 Å². The fourth-order valence-corrected chi connectivity index (χ4v) is 4.44. The number of hydrogen-bond donors (Lipinski definition) is 1. The first-order chi connectivity index (χ1) is 15.2. The van der Waals surface area contributed by atoms with Gasteiger partial charge in [-0.15, -0.1) is 0 Å². The normalized spacial score (nSPS) is 23.8. The molecule has 0 spiro atoms. The van der Waals surface area contributed by atoms with Crippen LogP contribution < -0.4 is 10.1 Å². The molecule has 1 aromatic rings. The Balaban J connectivity index is 2.18. The minimum Gasteiger partial charge on any atom is -0.497 e. The second kappa shape index (κ2) is 9.59. The standard InChI is InChI=1S/C25H31NO6/c1-7-14(3)32-25(29)20-15(4)26-18-11-13(2)19(24(28)31-6)23(27)22(18)21(20)16-9-8-10-17(12-16)30-5/h8-10,12-14,19,21,26H,7,11H2,1-6H3/t13-,14+,19-,21+/m0/s1. The van der Waals surface area contributed by atoms with Crippen LogP contribution in [0.2, 0.25) is 0 Å². The van der Waals surface area contributed by atoms with E-state index in [1.165, 1.54) is 7.11 Å². The van der Waals surface area contributed by atoms with Gasteiger partial charge in [-0.1, -0.05) is 26.0 Å². The second-order valence-electron chi connectivity index (χ2n) is 8.44. The van der Waals surface area contributed by atoms with E-state index in [0.29, 0.717) is 35.4 Å². The van der Waals surface area contributed by atoms with Gasteiger partial charge in [0.05, 0.1) is 25.9 Å². The monoisotopic (exact) mass is 441 g/mol. The number of carbonyl (C=O) groups excluding carboxylic acids is 3. The van der Waals surface area contributed by atoms with E-state index >= 15 is 0 Å².